The first kappa shape index (κ1) is 12.0. The van der Waals surface area contributed by atoms with E-state index in [2.05, 4.69) is 0 Å². The molecule has 0 aromatic heterocycles. The maximum atomic E-state index is 11.6. The van der Waals surface area contributed by atoms with Crippen LogP contribution in [0, 0.1) is 0 Å². The van der Waals surface area contributed by atoms with Gasteiger partial charge in [0.2, 0.25) is 5.78 Å². The van der Waals surface area contributed by atoms with Crippen LogP contribution in [-0.4, -0.2) is 16.0 Å². The van der Waals surface area contributed by atoms with Gasteiger partial charge in [0.1, 0.15) is 5.75 Å². The summed E-state index contributed by atoms with van der Waals surface area (Å²) in [5, 5.41) is 25.0. The fraction of sp³-hybridized carbons (Fsp3) is 0.0556. The molecular weight excluding hydrogens is 264 g/mol. The summed E-state index contributed by atoms with van der Waals surface area (Å²) in [4.78, 5) is 11.6. The van der Waals surface area contributed by atoms with Crippen LogP contribution in [0.5, 0.6) is 5.75 Å². The fourth-order valence-electron chi connectivity index (χ4n) is 2.93. The Morgan fingerprint density at radius 2 is 1.57 bits per heavy atom. The van der Waals surface area contributed by atoms with Gasteiger partial charge in [-0.3, -0.25) is 4.79 Å². The van der Waals surface area contributed by atoms with Crippen molar-refractivity contribution in [3.8, 4) is 5.75 Å². The second kappa shape index (κ2) is 4.09. The van der Waals surface area contributed by atoms with Crippen LogP contribution >= 0.6 is 0 Å². The van der Waals surface area contributed by atoms with Crippen LogP contribution in [0.2, 0.25) is 0 Å². The molecule has 0 aliphatic heterocycles. The van der Waals surface area contributed by atoms with Gasteiger partial charge in [-0.05, 0) is 51.0 Å². The number of aromatic hydroxyl groups is 1. The van der Waals surface area contributed by atoms with E-state index in [1.807, 2.05) is 36.4 Å². The average molecular weight is 276 g/mol. The van der Waals surface area contributed by atoms with Crippen molar-refractivity contribution >= 4 is 39.2 Å². The van der Waals surface area contributed by atoms with Gasteiger partial charge in [-0.2, -0.15) is 0 Å². The normalized spacial score (nSPS) is 14.3. The maximum Gasteiger partial charge on any atom is 0.201 e. The van der Waals surface area contributed by atoms with Gasteiger partial charge in [0.15, 0.2) is 5.76 Å². The van der Waals surface area contributed by atoms with Gasteiger partial charge in [0, 0.05) is 11.6 Å². The number of ketones is 1. The SMILES string of the molecule is O=C1CC=c2cc3c(ccc4ccc(O)cc43)cc2=C1O. The monoisotopic (exact) mass is 276 g/mol. The summed E-state index contributed by atoms with van der Waals surface area (Å²) < 4.78 is 0. The van der Waals surface area contributed by atoms with Crippen LogP contribution in [0.1, 0.15) is 6.42 Å². The Bertz CT molecular complexity index is 1050. The number of hydrogen-bond acceptors (Lipinski definition) is 3. The molecule has 0 spiro atoms. The number of rotatable bonds is 0. The highest BCUT2D eigenvalue weighted by molar-refractivity contribution is 6.15. The summed E-state index contributed by atoms with van der Waals surface area (Å²) in [7, 11) is 0. The molecule has 2 N–H and O–H groups in total. The number of hydrogen-bond donors (Lipinski definition) is 2. The zero-order valence-corrected chi connectivity index (χ0v) is 11.1. The van der Waals surface area contributed by atoms with E-state index in [9.17, 15) is 15.0 Å². The van der Waals surface area contributed by atoms with Crippen LogP contribution in [0.3, 0.4) is 0 Å². The first-order chi connectivity index (χ1) is 10.1. The molecule has 0 bridgehead atoms. The molecule has 3 heteroatoms. The largest absolute Gasteiger partial charge is 0.508 e. The predicted molar refractivity (Wildman–Crippen MR) is 82.5 cm³/mol. The van der Waals surface area contributed by atoms with E-state index in [1.165, 1.54) is 0 Å². The molecule has 0 saturated carbocycles. The first-order valence-electron chi connectivity index (χ1n) is 6.76. The summed E-state index contributed by atoms with van der Waals surface area (Å²) in [6.45, 7) is 0. The zero-order valence-electron chi connectivity index (χ0n) is 11.1. The van der Waals surface area contributed by atoms with Crippen molar-refractivity contribution in [2.45, 2.75) is 6.42 Å². The molecule has 1 aliphatic carbocycles. The van der Waals surface area contributed by atoms with Crippen molar-refractivity contribution in [2.75, 3.05) is 0 Å². The van der Waals surface area contributed by atoms with E-state index < -0.39 is 0 Å². The van der Waals surface area contributed by atoms with E-state index in [1.54, 1.807) is 12.1 Å². The van der Waals surface area contributed by atoms with Crippen LogP contribution in [-0.2, 0) is 4.79 Å². The minimum Gasteiger partial charge on any atom is -0.508 e. The fourth-order valence-corrected chi connectivity index (χ4v) is 2.93. The Hall–Kier alpha value is -2.81. The number of benzene rings is 3. The second-order valence-electron chi connectivity index (χ2n) is 5.31. The number of Topliss-reactive ketones (excluding diaryl/α,β-unsaturated/α-hetero) is 1. The lowest BCUT2D eigenvalue weighted by Gasteiger charge is -2.08. The molecule has 0 unspecified atom stereocenters. The minimum atomic E-state index is -0.250. The molecule has 1 aliphatic rings. The van der Waals surface area contributed by atoms with Crippen molar-refractivity contribution < 1.29 is 15.0 Å². The molecule has 3 aromatic rings. The number of phenolic OH excluding ortho intramolecular Hbond substituents is 1. The quantitative estimate of drug-likeness (QED) is 0.618. The third kappa shape index (κ3) is 1.71. The Labute approximate surface area is 120 Å². The van der Waals surface area contributed by atoms with E-state index in [4.69, 9.17) is 0 Å². The van der Waals surface area contributed by atoms with Crippen molar-refractivity contribution in [3.63, 3.8) is 0 Å². The maximum absolute atomic E-state index is 11.6. The summed E-state index contributed by atoms with van der Waals surface area (Å²) >= 11 is 0. The Kier molecular flexibility index (Phi) is 2.33. The minimum absolute atomic E-state index is 0.162. The lowest BCUT2D eigenvalue weighted by Crippen LogP contribution is -2.32. The van der Waals surface area contributed by atoms with Crippen LogP contribution < -0.4 is 10.4 Å². The smallest absolute Gasteiger partial charge is 0.201 e. The van der Waals surface area contributed by atoms with E-state index in [-0.39, 0.29) is 23.7 Å². The highest BCUT2D eigenvalue weighted by Crippen LogP contribution is 2.27. The molecule has 0 radical (unpaired) electrons. The molecule has 0 saturated heterocycles. The van der Waals surface area contributed by atoms with Crippen molar-refractivity contribution in [1.82, 2.24) is 0 Å². The molecule has 102 valence electrons. The molecule has 0 heterocycles. The second-order valence-corrected chi connectivity index (χ2v) is 5.31. The topological polar surface area (TPSA) is 57.5 Å². The number of carbonyl (C=O) groups excluding carboxylic acids is 1. The Balaban J connectivity index is 2.24. The summed E-state index contributed by atoms with van der Waals surface area (Å²) in [5.41, 5.74) is 0. The Morgan fingerprint density at radius 1 is 0.857 bits per heavy atom. The number of phenols is 1. The first-order valence-corrected chi connectivity index (χ1v) is 6.76. The van der Waals surface area contributed by atoms with Gasteiger partial charge in [-0.1, -0.05) is 24.3 Å². The molecule has 0 fully saturated rings. The summed E-state index contributed by atoms with van der Waals surface area (Å²) in [5.74, 6) is -0.188. The van der Waals surface area contributed by atoms with E-state index in [0.717, 1.165) is 26.8 Å². The molecule has 4 rings (SSSR count). The van der Waals surface area contributed by atoms with Crippen molar-refractivity contribution in [3.05, 3.63) is 52.9 Å². The lowest BCUT2D eigenvalue weighted by molar-refractivity contribution is -0.114. The molecular formula is C18H12O3. The van der Waals surface area contributed by atoms with Gasteiger partial charge < -0.3 is 10.2 Å². The van der Waals surface area contributed by atoms with Crippen LogP contribution in [0.25, 0.3) is 33.4 Å². The number of aliphatic hydroxyl groups excluding tert-OH is 1. The van der Waals surface area contributed by atoms with E-state index >= 15 is 0 Å². The van der Waals surface area contributed by atoms with Gasteiger partial charge >= 0.3 is 0 Å². The van der Waals surface area contributed by atoms with Crippen molar-refractivity contribution in [2.24, 2.45) is 0 Å². The van der Waals surface area contributed by atoms with E-state index in [0.29, 0.717) is 5.22 Å². The summed E-state index contributed by atoms with van der Waals surface area (Å²) in [6.07, 6.45) is 2.05. The van der Waals surface area contributed by atoms with Gasteiger partial charge in [0.25, 0.3) is 0 Å². The average Bonchev–Trinajstić information content (AvgIpc) is 2.50. The third-order valence-corrected chi connectivity index (χ3v) is 4.02. The zero-order chi connectivity index (χ0) is 14.6. The third-order valence-electron chi connectivity index (χ3n) is 4.02. The van der Waals surface area contributed by atoms with Crippen LogP contribution in [0.15, 0.2) is 42.5 Å². The molecule has 0 atom stereocenters. The highest BCUT2D eigenvalue weighted by atomic mass is 16.3. The van der Waals surface area contributed by atoms with Gasteiger partial charge in [-0.25, -0.2) is 0 Å². The number of aliphatic hydroxyl groups is 1. The molecule has 3 nitrogen and oxygen atoms in total. The van der Waals surface area contributed by atoms with Gasteiger partial charge in [-0.15, -0.1) is 0 Å². The molecule has 0 amide bonds. The number of carbonyl (C=O) groups is 1. The summed E-state index contributed by atoms with van der Waals surface area (Å²) in [6, 6.07) is 13.0. The van der Waals surface area contributed by atoms with Gasteiger partial charge in [0.05, 0.1) is 0 Å². The number of fused-ring (bicyclic) bond motifs is 4. The predicted octanol–water partition coefficient (Wildman–Crippen LogP) is 2.12. The highest BCUT2D eigenvalue weighted by Gasteiger charge is 2.13. The Morgan fingerprint density at radius 3 is 2.43 bits per heavy atom. The molecule has 3 aromatic carbocycles. The van der Waals surface area contributed by atoms with Crippen LogP contribution in [0.4, 0.5) is 0 Å². The standard InChI is InChI=1S/C18H12O3/c19-13-5-3-10-1-2-11-8-16-12(4-6-17(20)18(16)21)7-14(11)15(10)9-13/h1-5,7-9,19,21H,6H2. The molecule has 21 heavy (non-hydrogen) atoms. The lowest BCUT2D eigenvalue weighted by atomic mass is 9.97. The van der Waals surface area contributed by atoms with Crippen molar-refractivity contribution in [1.29, 1.82) is 0 Å².